The molecule has 2 aromatic carbocycles. The summed E-state index contributed by atoms with van der Waals surface area (Å²) in [6, 6.07) is 5.22. The highest BCUT2D eigenvalue weighted by atomic mass is 32.2. The zero-order chi connectivity index (χ0) is 17.6. The van der Waals surface area contributed by atoms with Gasteiger partial charge in [0.2, 0.25) is 11.2 Å². The van der Waals surface area contributed by atoms with Gasteiger partial charge in [0.05, 0.1) is 0 Å². The van der Waals surface area contributed by atoms with Gasteiger partial charge in [-0.2, -0.15) is 0 Å². The second-order valence-electron chi connectivity index (χ2n) is 5.11. The van der Waals surface area contributed by atoms with Crippen LogP contribution in [-0.4, -0.2) is 48.2 Å². The highest BCUT2D eigenvalue weighted by Gasteiger charge is 2.32. The summed E-state index contributed by atoms with van der Waals surface area (Å²) in [6.45, 7) is -0.371. The summed E-state index contributed by atoms with van der Waals surface area (Å²) < 4.78 is 34.5. The fourth-order valence-electron chi connectivity index (χ4n) is 2.33. The molecule has 1 aliphatic heterocycles. The van der Waals surface area contributed by atoms with Crippen LogP contribution in [0.3, 0.4) is 0 Å². The van der Waals surface area contributed by atoms with Gasteiger partial charge in [0.15, 0.2) is 21.5 Å². The van der Waals surface area contributed by atoms with Gasteiger partial charge in [-0.3, -0.25) is 13.8 Å². The standard InChI is InChI=1S/C13H9B2FN2O5S/c14-13(15,21)23-7-2-1-6-3-9(19)12(11(16)8(6)4-7)18-5-10(20)17-24(18)22/h1-4,19,21H,5H2,(H,17,20). The molecule has 0 aliphatic carbocycles. The molecule has 3 rings (SSSR count). The lowest BCUT2D eigenvalue weighted by Crippen LogP contribution is -2.36. The van der Waals surface area contributed by atoms with Gasteiger partial charge < -0.3 is 14.9 Å². The van der Waals surface area contributed by atoms with Gasteiger partial charge in [0.25, 0.3) is 5.91 Å². The van der Waals surface area contributed by atoms with E-state index in [9.17, 15) is 23.6 Å². The molecule has 0 aromatic heterocycles. The number of nitrogens with one attached hydrogen (secondary N) is 1. The second kappa shape index (κ2) is 5.67. The summed E-state index contributed by atoms with van der Waals surface area (Å²) in [5, 5.41) is 19.6. The Kier molecular flexibility index (Phi) is 3.92. The molecule has 11 heteroatoms. The number of rotatable bonds is 3. The molecule has 3 N–H and O–H groups in total. The van der Waals surface area contributed by atoms with E-state index in [0.29, 0.717) is 5.39 Å². The first-order valence-corrected chi connectivity index (χ1v) is 7.69. The third kappa shape index (κ3) is 3.04. The van der Waals surface area contributed by atoms with E-state index < -0.39 is 39.9 Å². The quantitative estimate of drug-likeness (QED) is 0.515. The highest BCUT2D eigenvalue weighted by molar-refractivity contribution is 7.85. The second-order valence-corrected chi connectivity index (χ2v) is 6.25. The number of aliphatic hydroxyl groups is 1. The fourth-order valence-corrected chi connectivity index (χ4v) is 3.28. The van der Waals surface area contributed by atoms with Crippen LogP contribution in [0.5, 0.6) is 11.5 Å². The van der Waals surface area contributed by atoms with Crippen LogP contribution in [0.4, 0.5) is 10.1 Å². The fraction of sp³-hybridized carbons (Fsp3) is 0.154. The van der Waals surface area contributed by atoms with Gasteiger partial charge in [-0.15, -0.1) is 0 Å². The van der Waals surface area contributed by atoms with Crippen LogP contribution in [0, 0.1) is 5.82 Å². The van der Waals surface area contributed by atoms with Crippen molar-refractivity contribution in [2.45, 2.75) is 5.59 Å². The summed E-state index contributed by atoms with van der Waals surface area (Å²) in [5.41, 5.74) is -2.84. The van der Waals surface area contributed by atoms with E-state index in [-0.39, 0.29) is 17.7 Å². The lowest BCUT2D eigenvalue weighted by atomic mass is 9.76. The van der Waals surface area contributed by atoms with Crippen molar-refractivity contribution in [3.8, 4) is 11.5 Å². The SMILES string of the molecule is [B]C([B])(O)Oc1ccc2cc(O)c(N3CC(=O)NS3=O)c(F)c2c1. The van der Waals surface area contributed by atoms with Gasteiger partial charge in [0, 0.05) is 5.39 Å². The highest BCUT2D eigenvalue weighted by Crippen LogP contribution is 2.38. The Balaban J connectivity index is 2.14. The number of hydrogen-bond acceptors (Lipinski definition) is 5. The summed E-state index contributed by atoms with van der Waals surface area (Å²) >= 11 is -2.00. The molecule has 1 fully saturated rings. The van der Waals surface area contributed by atoms with Crippen molar-refractivity contribution in [3.05, 3.63) is 30.1 Å². The van der Waals surface area contributed by atoms with Crippen LogP contribution in [0.15, 0.2) is 24.3 Å². The Morgan fingerprint density at radius 1 is 1.38 bits per heavy atom. The van der Waals surface area contributed by atoms with E-state index in [0.717, 1.165) is 4.31 Å². The lowest BCUT2D eigenvalue weighted by Gasteiger charge is -2.22. The minimum atomic E-state index is -2.45. The van der Waals surface area contributed by atoms with E-state index in [1.807, 2.05) is 0 Å². The third-order valence-electron chi connectivity index (χ3n) is 3.22. The van der Waals surface area contributed by atoms with Crippen LogP contribution in [-0.2, 0) is 16.0 Å². The maximum Gasteiger partial charge on any atom is 0.253 e. The molecular weight excluding hydrogens is 337 g/mol. The number of nitrogens with zero attached hydrogens (tertiary/aromatic N) is 1. The molecule has 1 aliphatic rings. The Hall–Kier alpha value is -2.26. The van der Waals surface area contributed by atoms with Gasteiger partial charge in [-0.1, -0.05) is 6.07 Å². The molecule has 0 bridgehead atoms. The Labute approximate surface area is 140 Å². The molecule has 1 heterocycles. The van der Waals surface area contributed by atoms with Crippen LogP contribution in [0.25, 0.3) is 10.8 Å². The summed E-state index contributed by atoms with van der Waals surface area (Å²) in [7, 11) is 10.2. The molecule has 2 aromatic rings. The number of amides is 1. The predicted octanol–water partition coefficient (Wildman–Crippen LogP) is -0.481. The molecule has 0 spiro atoms. The third-order valence-corrected chi connectivity index (χ3v) is 4.34. The van der Waals surface area contributed by atoms with Crippen molar-refractivity contribution in [1.29, 1.82) is 0 Å². The number of anilines is 1. The van der Waals surface area contributed by atoms with Crippen LogP contribution >= 0.6 is 0 Å². The van der Waals surface area contributed by atoms with Gasteiger partial charge in [-0.25, -0.2) is 8.60 Å². The molecule has 1 unspecified atom stereocenters. The minimum Gasteiger partial charge on any atom is -0.506 e. The van der Waals surface area contributed by atoms with Crippen LogP contribution in [0.2, 0.25) is 0 Å². The van der Waals surface area contributed by atoms with Gasteiger partial charge in [0.1, 0.15) is 29.3 Å². The number of phenols is 1. The summed E-state index contributed by atoms with van der Waals surface area (Å²) in [6.07, 6.45) is 0. The number of hydrogen-bond donors (Lipinski definition) is 3. The molecular formula is C13H9B2FN2O5S. The Morgan fingerprint density at radius 2 is 2.08 bits per heavy atom. The Morgan fingerprint density at radius 3 is 2.67 bits per heavy atom. The van der Waals surface area contributed by atoms with Crippen molar-refractivity contribution >= 4 is 49.2 Å². The number of phenolic OH excluding ortho intramolecular Hbond substituents is 1. The normalized spacial score (nSPS) is 18.0. The molecule has 120 valence electrons. The van der Waals surface area contributed by atoms with Crippen molar-refractivity contribution in [1.82, 2.24) is 4.72 Å². The average Bonchev–Trinajstić information content (AvgIpc) is 2.77. The van der Waals surface area contributed by atoms with Crippen molar-refractivity contribution in [2.75, 3.05) is 10.8 Å². The zero-order valence-electron chi connectivity index (χ0n) is 12.0. The topological polar surface area (TPSA) is 99.1 Å². The smallest absolute Gasteiger partial charge is 0.253 e. The number of aromatic hydroxyl groups is 1. The molecule has 0 saturated carbocycles. The zero-order valence-corrected chi connectivity index (χ0v) is 12.8. The number of carbonyl (C=O) groups is 1. The predicted molar refractivity (Wildman–Crippen MR) is 86.3 cm³/mol. The van der Waals surface area contributed by atoms with Crippen molar-refractivity contribution < 1.29 is 28.3 Å². The van der Waals surface area contributed by atoms with Gasteiger partial charge in [-0.05, 0) is 23.6 Å². The van der Waals surface area contributed by atoms with Crippen molar-refractivity contribution in [2.24, 2.45) is 0 Å². The lowest BCUT2D eigenvalue weighted by molar-refractivity contribution is -0.117. The summed E-state index contributed by atoms with van der Waals surface area (Å²) in [5.74, 6) is -1.99. The molecule has 1 atom stereocenters. The number of halogens is 1. The number of benzene rings is 2. The first-order chi connectivity index (χ1) is 11.2. The monoisotopic (exact) mass is 346 g/mol. The van der Waals surface area contributed by atoms with E-state index in [2.05, 4.69) is 4.72 Å². The first-order valence-electron chi connectivity index (χ1n) is 6.59. The number of fused-ring (bicyclic) bond motifs is 1. The minimum absolute atomic E-state index is 0.0131. The largest absolute Gasteiger partial charge is 0.506 e. The number of carbonyl (C=O) groups excluding carboxylic acids is 1. The van der Waals surface area contributed by atoms with E-state index in [1.54, 1.807) is 0 Å². The molecule has 7 nitrogen and oxygen atoms in total. The molecule has 1 saturated heterocycles. The van der Waals surface area contributed by atoms with E-state index in [4.69, 9.17) is 20.4 Å². The van der Waals surface area contributed by atoms with Crippen LogP contribution in [0.1, 0.15) is 0 Å². The van der Waals surface area contributed by atoms with Crippen molar-refractivity contribution in [3.63, 3.8) is 0 Å². The van der Waals surface area contributed by atoms with E-state index >= 15 is 0 Å². The molecule has 1 amide bonds. The van der Waals surface area contributed by atoms with E-state index in [1.165, 1.54) is 24.3 Å². The Bertz CT molecular complexity index is 874. The molecule has 4 radical (unpaired) electrons. The summed E-state index contributed by atoms with van der Waals surface area (Å²) in [4.78, 5) is 11.3. The average molecular weight is 346 g/mol. The maximum atomic E-state index is 14.8. The first kappa shape index (κ1) is 16.6. The van der Waals surface area contributed by atoms with Crippen LogP contribution < -0.4 is 13.8 Å². The number of ether oxygens (including phenoxy) is 1. The van der Waals surface area contributed by atoms with Gasteiger partial charge >= 0.3 is 0 Å². The molecule has 24 heavy (non-hydrogen) atoms. The maximum absolute atomic E-state index is 14.8.